The summed E-state index contributed by atoms with van der Waals surface area (Å²) < 4.78 is 59.1. The van der Waals surface area contributed by atoms with Gasteiger partial charge in [-0.2, -0.15) is 5.10 Å². The Morgan fingerprint density at radius 3 is 1.83 bits per heavy atom. The minimum Gasteiger partial charge on any atom is -0.287 e. The van der Waals surface area contributed by atoms with Crippen LogP contribution >= 0.6 is 0 Å². The second-order valence-electron chi connectivity index (χ2n) is 9.22. The van der Waals surface area contributed by atoms with Crippen molar-refractivity contribution in [1.82, 2.24) is 9.78 Å². The van der Waals surface area contributed by atoms with Crippen molar-refractivity contribution in [3.8, 4) is 5.69 Å². The predicted molar refractivity (Wildman–Crippen MR) is 155 cm³/mol. The van der Waals surface area contributed by atoms with Crippen LogP contribution in [-0.2, 0) is 19.7 Å². The Bertz CT molecular complexity index is 2120. The maximum absolute atomic E-state index is 14.7. The van der Waals surface area contributed by atoms with Crippen molar-refractivity contribution < 1.29 is 21.6 Å². The van der Waals surface area contributed by atoms with Gasteiger partial charge in [0, 0.05) is 10.9 Å². The van der Waals surface area contributed by atoms with E-state index < -0.39 is 41.1 Å². The lowest BCUT2D eigenvalue weighted by Crippen LogP contribution is -2.15. The lowest BCUT2D eigenvalue weighted by Gasteiger charge is -2.13. The Kier molecular flexibility index (Phi) is 6.61. The fourth-order valence-corrected chi connectivity index (χ4v) is 8.51. The van der Waals surface area contributed by atoms with Crippen LogP contribution in [0, 0.1) is 0 Å². The van der Waals surface area contributed by atoms with Gasteiger partial charge in [0.1, 0.15) is 4.90 Å². The normalized spacial score (nSPS) is 11.9. The Labute approximate surface area is 237 Å². The number of nitrogens with zero attached hydrogens (tertiary/aromatic N) is 2. The third kappa shape index (κ3) is 4.55. The molecular weight excluding hydrogens is 556 g/mol. The van der Waals surface area contributed by atoms with Crippen LogP contribution in [0.4, 0.5) is 0 Å². The van der Waals surface area contributed by atoms with E-state index >= 15 is 0 Å². The van der Waals surface area contributed by atoms with E-state index in [0.717, 1.165) is 4.68 Å². The summed E-state index contributed by atoms with van der Waals surface area (Å²) in [6.45, 7) is 0. The zero-order chi connectivity index (χ0) is 28.6. The molecule has 0 fully saturated rings. The quantitative estimate of drug-likeness (QED) is 0.218. The summed E-state index contributed by atoms with van der Waals surface area (Å²) in [4.78, 5) is 12.9. The average Bonchev–Trinajstić information content (AvgIpc) is 3.44. The molecule has 0 spiro atoms. The molecule has 202 valence electrons. The summed E-state index contributed by atoms with van der Waals surface area (Å²) in [5.74, 6) is -0.718. The van der Waals surface area contributed by atoms with Crippen molar-refractivity contribution in [3.05, 3.63) is 145 Å². The molecule has 0 saturated carbocycles. The van der Waals surface area contributed by atoms with Crippen LogP contribution in [0.15, 0.2) is 153 Å². The lowest BCUT2D eigenvalue weighted by molar-refractivity contribution is 0.103. The smallest absolute Gasteiger partial charge is 0.225 e. The van der Waals surface area contributed by atoms with Gasteiger partial charge in [0.25, 0.3) is 0 Å². The number of aromatic nitrogens is 2. The molecule has 6 rings (SSSR count). The van der Waals surface area contributed by atoms with Crippen LogP contribution in [-0.4, -0.2) is 32.4 Å². The lowest BCUT2D eigenvalue weighted by atomic mass is 10.1. The highest BCUT2D eigenvalue weighted by molar-refractivity contribution is 7.94. The van der Waals surface area contributed by atoms with E-state index in [0.29, 0.717) is 10.8 Å². The Balaban J connectivity index is 1.77. The number of sulfone groups is 2. The standard InChI is InChI=1S/C32H22N2O5S2/c35-30(24-14-4-1-5-15-24)29-31(40(36,37)26-19-8-3-9-20-26)32(34(33-29)25-17-6-2-7-18-25)41(38,39)28-22-12-16-23-13-10-11-21-27(23)28/h1-22H. The summed E-state index contributed by atoms with van der Waals surface area (Å²) in [6.07, 6.45) is 0. The summed E-state index contributed by atoms with van der Waals surface area (Å²) in [7, 11) is -9.16. The average molecular weight is 579 g/mol. The van der Waals surface area contributed by atoms with Crippen molar-refractivity contribution in [3.63, 3.8) is 0 Å². The van der Waals surface area contributed by atoms with Crippen LogP contribution in [0.25, 0.3) is 16.5 Å². The minimum absolute atomic E-state index is 0.101. The molecule has 0 saturated heterocycles. The number of fused-ring (bicyclic) bond motifs is 1. The van der Waals surface area contributed by atoms with Gasteiger partial charge in [-0.3, -0.25) is 4.79 Å². The largest absolute Gasteiger partial charge is 0.287 e. The van der Waals surface area contributed by atoms with Crippen LogP contribution in [0.1, 0.15) is 16.1 Å². The Hall–Kier alpha value is -4.86. The van der Waals surface area contributed by atoms with E-state index in [-0.39, 0.29) is 21.0 Å². The first-order valence-corrected chi connectivity index (χ1v) is 15.6. The maximum atomic E-state index is 14.7. The fraction of sp³-hybridized carbons (Fsp3) is 0. The van der Waals surface area contributed by atoms with Gasteiger partial charge in [-0.15, -0.1) is 0 Å². The highest BCUT2D eigenvalue weighted by Gasteiger charge is 2.40. The van der Waals surface area contributed by atoms with Gasteiger partial charge in [-0.1, -0.05) is 103 Å². The number of rotatable bonds is 7. The summed E-state index contributed by atoms with van der Waals surface area (Å²) in [5, 5.41) is 4.89. The first-order chi connectivity index (χ1) is 19.8. The highest BCUT2D eigenvalue weighted by atomic mass is 32.2. The number of carbonyl (C=O) groups excluding carboxylic acids is 1. The number of hydrogen-bond acceptors (Lipinski definition) is 6. The SMILES string of the molecule is O=C(c1ccccc1)c1nn(-c2ccccc2)c(S(=O)(=O)c2cccc3ccccc23)c1S(=O)(=O)c1ccccc1. The van der Waals surface area contributed by atoms with Gasteiger partial charge >= 0.3 is 0 Å². The van der Waals surface area contributed by atoms with E-state index in [1.165, 1.54) is 42.5 Å². The van der Waals surface area contributed by atoms with Crippen molar-refractivity contribution in [1.29, 1.82) is 0 Å². The number of ketones is 1. The molecule has 6 aromatic rings. The summed E-state index contributed by atoms with van der Waals surface area (Å²) in [6, 6.07) is 35.5. The molecule has 0 unspecified atom stereocenters. The molecule has 41 heavy (non-hydrogen) atoms. The van der Waals surface area contributed by atoms with E-state index in [1.54, 1.807) is 91.0 Å². The molecule has 0 atom stereocenters. The molecule has 7 nitrogen and oxygen atoms in total. The van der Waals surface area contributed by atoms with Crippen molar-refractivity contribution in [2.45, 2.75) is 19.7 Å². The minimum atomic E-state index is -4.59. The van der Waals surface area contributed by atoms with Gasteiger partial charge < -0.3 is 0 Å². The number of hydrogen-bond donors (Lipinski definition) is 0. The second-order valence-corrected chi connectivity index (χ2v) is 12.9. The van der Waals surface area contributed by atoms with Crippen LogP contribution in [0.3, 0.4) is 0 Å². The number of para-hydroxylation sites is 1. The van der Waals surface area contributed by atoms with E-state index in [4.69, 9.17) is 0 Å². The molecule has 0 aliphatic rings. The third-order valence-corrected chi connectivity index (χ3v) is 10.4. The monoisotopic (exact) mass is 578 g/mol. The molecule has 9 heteroatoms. The molecule has 1 aromatic heterocycles. The van der Waals surface area contributed by atoms with Gasteiger partial charge in [-0.05, 0) is 35.7 Å². The first-order valence-electron chi connectivity index (χ1n) is 12.6. The molecule has 0 N–H and O–H groups in total. The van der Waals surface area contributed by atoms with Gasteiger partial charge in [-0.25, -0.2) is 21.5 Å². The zero-order valence-electron chi connectivity index (χ0n) is 21.5. The van der Waals surface area contributed by atoms with E-state index in [9.17, 15) is 21.6 Å². The van der Waals surface area contributed by atoms with Crippen LogP contribution in [0.2, 0.25) is 0 Å². The Morgan fingerprint density at radius 2 is 1.15 bits per heavy atom. The molecular formula is C32H22N2O5S2. The van der Waals surface area contributed by atoms with E-state index in [1.807, 2.05) is 0 Å². The molecule has 5 aromatic carbocycles. The number of carbonyl (C=O) groups is 1. The van der Waals surface area contributed by atoms with Crippen molar-refractivity contribution >= 4 is 36.2 Å². The summed E-state index contributed by atoms with van der Waals surface area (Å²) in [5.41, 5.74) is -0.0329. The Morgan fingerprint density at radius 1 is 0.585 bits per heavy atom. The second kappa shape index (κ2) is 10.3. The van der Waals surface area contributed by atoms with Crippen LogP contribution in [0.5, 0.6) is 0 Å². The fourth-order valence-electron chi connectivity index (χ4n) is 4.74. The molecule has 0 amide bonds. The first kappa shape index (κ1) is 26.4. The third-order valence-electron chi connectivity index (χ3n) is 6.67. The molecule has 1 heterocycles. The van der Waals surface area contributed by atoms with E-state index in [2.05, 4.69) is 5.10 Å². The maximum Gasteiger partial charge on any atom is 0.225 e. The van der Waals surface area contributed by atoms with Gasteiger partial charge in [0.2, 0.25) is 25.5 Å². The molecule has 0 radical (unpaired) electrons. The molecule has 0 aliphatic carbocycles. The van der Waals surface area contributed by atoms with Crippen molar-refractivity contribution in [2.24, 2.45) is 0 Å². The van der Waals surface area contributed by atoms with Crippen molar-refractivity contribution in [2.75, 3.05) is 0 Å². The van der Waals surface area contributed by atoms with Gasteiger partial charge in [0.15, 0.2) is 10.7 Å². The number of benzene rings is 5. The zero-order valence-corrected chi connectivity index (χ0v) is 23.1. The van der Waals surface area contributed by atoms with Crippen LogP contribution < -0.4 is 0 Å². The topological polar surface area (TPSA) is 103 Å². The predicted octanol–water partition coefficient (Wildman–Crippen LogP) is 5.92. The summed E-state index contributed by atoms with van der Waals surface area (Å²) >= 11 is 0. The molecule has 0 aliphatic heterocycles. The van der Waals surface area contributed by atoms with Gasteiger partial charge in [0.05, 0.1) is 15.5 Å². The molecule has 0 bridgehead atoms. The highest BCUT2D eigenvalue weighted by Crippen LogP contribution is 2.38.